The number of alkyl halides is 2. The van der Waals surface area contributed by atoms with Crippen LogP contribution in [0.1, 0.15) is 21.5 Å². The molecule has 0 saturated carbocycles. The van der Waals surface area contributed by atoms with Crippen LogP contribution in [0.15, 0.2) is 47.5 Å². The Morgan fingerprint density at radius 3 is 2.63 bits per heavy atom. The van der Waals surface area contributed by atoms with Gasteiger partial charge in [-0.25, -0.2) is 0 Å². The molecule has 2 rings (SSSR count). The van der Waals surface area contributed by atoms with Gasteiger partial charge in [-0.2, -0.15) is 8.78 Å². The van der Waals surface area contributed by atoms with Crippen LogP contribution in [0.4, 0.5) is 8.78 Å². The fourth-order valence-corrected chi connectivity index (χ4v) is 2.93. The molecule has 2 N–H and O–H groups in total. The molecule has 30 heavy (non-hydrogen) atoms. The number of carbonyl (C=O) groups is 1. The van der Waals surface area contributed by atoms with Gasteiger partial charge in [-0.1, -0.05) is 23.7 Å². The van der Waals surface area contributed by atoms with Crippen molar-refractivity contribution in [3.63, 3.8) is 0 Å². The fraction of sp³-hybridized carbons (Fsp3) is 0.333. The number of carbonyl (C=O) groups excluding carboxylic acids is 1. The maximum atomic E-state index is 12.6. The van der Waals surface area contributed by atoms with Crippen molar-refractivity contribution < 1.29 is 18.3 Å². The van der Waals surface area contributed by atoms with Crippen LogP contribution >= 0.6 is 11.6 Å². The van der Waals surface area contributed by atoms with Gasteiger partial charge in [0.15, 0.2) is 5.96 Å². The SMILES string of the molecule is CN=C(NCCc1cccc(C(=O)N(C)C)c1)NCc1cc(Cl)ccc1OC(F)F. The number of aliphatic imine (C=N–C) groups is 1. The third kappa shape index (κ3) is 7.18. The number of guanidine groups is 1. The summed E-state index contributed by atoms with van der Waals surface area (Å²) in [5.74, 6) is 0.504. The number of rotatable bonds is 8. The Hall–Kier alpha value is -2.87. The zero-order valence-electron chi connectivity index (χ0n) is 17.1. The van der Waals surface area contributed by atoms with E-state index >= 15 is 0 Å². The highest BCUT2D eigenvalue weighted by Crippen LogP contribution is 2.24. The molecule has 0 unspecified atom stereocenters. The Kier molecular flexibility index (Phi) is 8.86. The molecule has 0 fully saturated rings. The average molecular weight is 439 g/mol. The van der Waals surface area contributed by atoms with Crippen LogP contribution in [-0.4, -0.2) is 51.1 Å². The number of hydrogen-bond donors (Lipinski definition) is 2. The lowest BCUT2D eigenvalue weighted by Gasteiger charge is -2.15. The van der Waals surface area contributed by atoms with Crippen LogP contribution < -0.4 is 15.4 Å². The van der Waals surface area contributed by atoms with Crippen molar-refractivity contribution >= 4 is 23.5 Å². The molecule has 0 aromatic heterocycles. The van der Waals surface area contributed by atoms with Crippen LogP contribution in [0, 0.1) is 0 Å². The summed E-state index contributed by atoms with van der Waals surface area (Å²) in [5.41, 5.74) is 2.13. The first-order valence-electron chi connectivity index (χ1n) is 9.28. The van der Waals surface area contributed by atoms with E-state index in [1.54, 1.807) is 33.3 Å². The highest BCUT2D eigenvalue weighted by atomic mass is 35.5. The molecule has 0 saturated heterocycles. The van der Waals surface area contributed by atoms with Gasteiger partial charge in [0.05, 0.1) is 0 Å². The second-order valence-electron chi connectivity index (χ2n) is 6.63. The Morgan fingerprint density at radius 2 is 1.97 bits per heavy atom. The zero-order chi connectivity index (χ0) is 22.1. The number of hydrogen-bond acceptors (Lipinski definition) is 3. The number of halogens is 3. The van der Waals surface area contributed by atoms with Crippen molar-refractivity contribution in [2.75, 3.05) is 27.7 Å². The molecule has 6 nitrogen and oxygen atoms in total. The number of ether oxygens (including phenoxy) is 1. The standard InChI is InChI=1S/C21H25ClF2N4O2/c1-25-21(27-13-16-12-17(22)7-8-18(16)30-20(23)24)26-10-9-14-5-4-6-15(11-14)19(29)28(2)3/h4-8,11-12,20H,9-10,13H2,1-3H3,(H2,25,26,27). The summed E-state index contributed by atoms with van der Waals surface area (Å²) < 4.78 is 29.7. The van der Waals surface area contributed by atoms with Crippen LogP contribution in [-0.2, 0) is 13.0 Å². The monoisotopic (exact) mass is 438 g/mol. The number of nitrogens with one attached hydrogen (secondary N) is 2. The van der Waals surface area contributed by atoms with Gasteiger partial charge in [0.25, 0.3) is 5.91 Å². The van der Waals surface area contributed by atoms with Crippen molar-refractivity contribution in [2.24, 2.45) is 4.99 Å². The van der Waals surface area contributed by atoms with E-state index < -0.39 is 6.61 Å². The third-order valence-electron chi connectivity index (χ3n) is 4.19. The Labute approximate surface area is 179 Å². The molecule has 0 bridgehead atoms. The van der Waals surface area contributed by atoms with E-state index in [9.17, 15) is 13.6 Å². The van der Waals surface area contributed by atoms with Gasteiger partial charge >= 0.3 is 6.61 Å². The molecule has 0 aliphatic heterocycles. The van der Waals surface area contributed by atoms with Gasteiger partial charge in [-0.05, 0) is 42.3 Å². The Bertz CT molecular complexity index is 891. The predicted molar refractivity (Wildman–Crippen MR) is 114 cm³/mol. The smallest absolute Gasteiger partial charge is 0.387 e. The first-order valence-corrected chi connectivity index (χ1v) is 9.66. The van der Waals surface area contributed by atoms with E-state index in [1.165, 1.54) is 17.0 Å². The van der Waals surface area contributed by atoms with E-state index in [0.717, 1.165) is 5.56 Å². The van der Waals surface area contributed by atoms with Crippen LogP contribution in [0.25, 0.3) is 0 Å². The second-order valence-corrected chi connectivity index (χ2v) is 7.07. The maximum absolute atomic E-state index is 12.6. The van der Waals surface area contributed by atoms with Gasteiger partial charge in [-0.15, -0.1) is 0 Å². The fourth-order valence-electron chi connectivity index (χ4n) is 2.74. The minimum absolute atomic E-state index is 0.0503. The molecule has 9 heteroatoms. The van der Waals surface area contributed by atoms with Gasteiger partial charge in [-0.3, -0.25) is 9.79 Å². The van der Waals surface area contributed by atoms with Gasteiger partial charge in [0.1, 0.15) is 5.75 Å². The lowest BCUT2D eigenvalue weighted by Crippen LogP contribution is -2.38. The average Bonchev–Trinajstić information content (AvgIpc) is 2.71. The summed E-state index contributed by atoms with van der Waals surface area (Å²) in [6, 6.07) is 11.9. The number of nitrogens with zero attached hydrogens (tertiary/aromatic N) is 2. The molecule has 2 aromatic rings. The zero-order valence-corrected chi connectivity index (χ0v) is 17.8. The maximum Gasteiger partial charge on any atom is 0.387 e. The number of benzene rings is 2. The molecule has 0 aliphatic rings. The van der Waals surface area contributed by atoms with E-state index in [2.05, 4.69) is 20.4 Å². The summed E-state index contributed by atoms with van der Waals surface area (Å²) in [7, 11) is 5.04. The van der Waals surface area contributed by atoms with E-state index in [-0.39, 0.29) is 18.2 Å². The highest BCUT2D eigenvalue weighted by Gasteiger charge is 2.11. The predicted octanol–water partition coefficient (Wildman–Crippen LogP) is 3.55. The van der Waals surface area contributed by atoms with Gasteiger partial charge < -0.3 is 20.3 Å². The van der Waals surface area contributed by atoms with Crippen molar-refractivity contribution in [1.29, 1.82) is 0 Å². The topological polar surface area (TPSA) is 66.0 Å². The van der Waals surface area contributed by atoms with Crippen molar-refractivity contribution in [1.82, 2.24) is 15.5 Å². The summed E-state index contributed by atoms with van der Waals surface area (Å²) in [6.07, 6.45) is 0.673. The van der Waals surface area contributed by atoms with Crippen LogP contribution in [0.3, 0.4) is 0 Å². The third-order valence-corrected chi connectivity index (χ3v) is 4.43. The summed E-state index contributed by atoms with van der Waals surface area (Å²) >= 11 is 5.96. The highest BCUT2D eigenvalue weighted by molar-refractivity contribution is 6.30. The summed E-state index contributed by atoms with van der Waals surface area (Å²) in [4.78, 5) is 17.7. The molecular weight excluding hydrogens is 414 g/mol. The number of amides is 1. The van der Waals surface area contributed by atoms with Crippen LogP contribution in [0.2, 0.25) is 5.02 Å². The van der Waals surface area contributed by atoms with Crippen molar-refractivity contribution in [2.45, 2.75) is 19.6 Å². The minimum Gasteiger partial charge on any atom is -0.434 e. The Morgan fingerprint density at radius 1 is 1.20 bits per heavy atom. The molecule has 0 atom stereocenters. The van der Waals surface area contributed by atoms with Gasteiger partial charge in [0, 0.05) is 50.4 Å². The molecule has 2 aromatic carbocycles. The normalized spacial score (nSPS) is 11.4. The summed E-state index contributed by atoms with van der Waals surface area (Å²) in [5, 5.41) is 6.63. The first-order chi connectivity index (χ1) is 14.3. The van der Waals surface area contributed by atoms with E-state index in [1.807, 2.05) is 18.2 Å². The summed E-state index contributed by atoms with van der Waals surface area (Å²) in [6.45, 7) is -2.15. The van der Waals surface area contributed by atoms with E-state index in [4.69, 9.17) is 11.6 Å². The van der Waals surface area contributed by atoms with Crippen molar-refractivity contribution in [3.8, 4) is 5.75 Å². The lowest BCUT2D eigenvalue weighted by atomic mass is 10.1. The molecule has 0 radical (unpaired) electrons. The molecule has 1 amide bonds. The lowest BCUT2D eigenvalue weighted by molar-refractivity contribution is -0.0504. The molecule has 162 valence electrons. The molecule has 0 aliphatic carbocycles. The molecule has 0 heterocycles. The quantitative estimate of drug-likeness (QED) is 0.488. The minimum atomic E-state index is -2.92. The largest absolute Gasteiger partial charge is 0.434 e. The van der Waals surface area contributed by atoms with E-state index in [0.29, 0.717) is 35.1 Å². The second kappa shape index (κ2) is 11.3. The molecule has 0 spiro atoms. The molecular formula is C21H25ClF2N4O2. The first kappa shape index (κ1) is 23.4. The van der Waals surface area contributed by atoms with Crippen molar-refractivity contribution in [3.05, 3.63) is 64.2 Å². The van der Waals surface area contributed by atoms with Crippen LogP contribution in [0.5, 0.6) is 5.75 Å². The Balaban J connectivity index is 1.92. The van der Waals surface area contributed by atoms with Gasteiger partial charge in [0.2, 0.25) is 0 Å².